The second-order valence-corrected chi connectivity index (χ2v) is 7.88. The number of hydrogen-bond donors (Lipinski definition) is 0. The lowest BCUT2D eigenvalue weighted by Crippen LogP contribution is -2.48. The summed E-state index contributed by atoms with van der Waals surface area (Å²) in [5.41, 5.74) is 2.33. The van der Waals surface area contributed by atoms with Crippen molar-refractivity contribution in [2.45, 2.75) is 6.61 Å². The minimum Gasteiger partial charge on any atom is -0.489 e. The molecule has 7 nitrogen and oxygen atoms in total. The lowest BCUT2D eigenvalue weighted by atomic mass is 10.1. The molecule has 0 unspecified atom stereocenters. The zero-order chi connectivity index (χ0) is 22.5. The van der Waals surface area contributed by atoms with Crippen LogP contribution >= 0.6 is 11.6 Å². The number of rotatable bonds is 6. The molecule has 1 heterocycles. The van der Waals surface area contributed by atoms with Crippen LogP contribution in [0.15, 0.2) is 72.8 Å². The standard InChI is InChI=1S/C24H22ClN3O4/c25-23-16-20(28(30)31)8-11-22(23)24(29)27-14-12-26(13-15-27)19-6-9-21(10-7-19)32-17-18-4-2-1-3-5-18/h1-11,16H,12-15,17H2. The third-order valence-electron chi connectivity index (χ3n) is 5.41. The number of benzene rings is 3. The second kappa shape index (κ2) is 9.70. The van der Waals surface area contributed by atoms with Crippen LogP contribution in [0.4, 0.5) is 11.4 Å². The number of amides is 1. The van der Waals surface area contributed by atoms with Crippen molar-refractivity contribution < 1.29 is 14.5 Å². The van der Waals surface area contributed by atoms with Crippen molar-refractivity contribution in [1.29, 1.82) is 0 Å². The van der Waals surface area contributed by atoms with Gasteiger partial charge in [0.15, 0.2) is 0 Å². The largest absolute Gasteiger partial charge is 0.489 e. The molecular formula is C24H22ClN3O4. The summed E-state index contributed by atoms with van der Waals surface area (Å²) in [6, 6.07) is 21.9. The van der Waals surface area contributed by atoms with Crippen LogP contribution < -0.4 is 9.64 Å². The van der Waals surface area contributed by atoms with E-state index < -0.39 is 4.92 Å². The topological polar surface area (TPSA) is 75.9 Å². The van der Waals surface area contributed by atoms with E-state index in [4.69, 9.17) is 16.3 Å². The maximum atomic E-state index is 12.8. The number of carbonyl (C=O) groups excluding carboxylic acids is 1. The highest BCUT2D eigenvalue weighted by Crippen LogP contribution is 2.25. The summed E-state index contributed by atoms with van der Waals surface area (Å²) in [7, 11) is 0. The highest BCUT2D eigenvalue weighted by molar-refractivity contribution is 6.34. The van der Waals surface area contributed by atoms with E-state index in [2.05, 4.69) is 4.90 Å². The molecule has 1 saturated heterocycles. The van der Waals surface area contributed by atoms with Crippen molar-refractivity contribution in [2.24, 2.45) is 0 Å². The molecule has 0 aliphatic carbocycles. The summed E-state index contributed by atoms with van der Waals surface area (Å²) >= 11 is 6.12. The van der Waals surface area contributed by atoms with E-state index in [1.165, 1.54) is 18.2 Å². The van der Waals surface area contributed by atoms with Crippen molar-refractivity contribution in [3.8, 4) is 5.75 Å². The van der Waals surface area contributed by atoms with Gasteiger partial charge < -0.3 is 14.5 Å². The summed E-state index contributed by atoms with van der Waals surface area (Å²) < 4.78 is 5.84. The fraction of sp³-hybridized carbons (Fsp3) is 0.208. The van der Waals surface area contributed by atoms with Gasteiger partial charge in [-0.2, -0.15) is 0 Å². The second-order valence-electron chi connectivity index (χ2n) is 7.47. The molecule has 8 heteroatoms. The van der Waals surface area contributed by atoms with E-state index >= 15 is 0 Å². The first-order valence-corrected chi connectivity index (χ1v) is 10.6. The van der Waals surface area contributed by atoms with Gasteiger partial charge in [-0.1, -0.05) is 41.9 Å². The monoisotopic (exact) mass is 451 g/mol. The van der Waals surface area contributed by atoms with Crippen LogP contribution in [-0.4, -0.2) is 41.9 Å². The Morgan fingerprint density at radius 1 is 0.969 bits per heavy atom. The average molecular weight is 452 g/mol. The fourth-order valence-corrected chi connectivity index (χ4v) is 3.88. The van der Waals surface area contributed by atoms with E-state index in [-0.39, 0.29) is 22.2 Å². The molecular weight excluding hydrogens is 430 g/mol. The fourth-order valence-electron chi connectivity index (χ4n) is 3.62. The lowest BCUT2D eigenvalue weighted by Gasteiger charge is -2.36. The average Bonchev–Trinajstić information content (AvgIpc) is 2.83. The molecule has 164 valence electrons. The molecule has 0 N–H and O–H groups in total. The van der Waals surface area contributed by atoms with Gasteiger partial charge in [0, 0.05) is 44.0 Å². The van der Waals surface area contributed by atoms with E-state index in [1.54, 1.807) is 4.90 Å². The molecule has 0 saturated carbocycles. The van der Waals surface area contributed by atoms with Crippen LogP contribution in [-0.2, 0) is 6.61 Å². The van der Waals surface area contributed by atoms with Gasteiger partial charge in [0.2, 0.25) is 0 Å². The Bertz CT molecular complexity index is 1100. The maximum absolute atomic E-state index is 12.8. The zero-order valence-corrected chi connectivity index (χ0v) is 18.1. The quantitative estimate of drug-likeness (QED) is 0.398. The molecule has 1 aliphatic heterocycles. The summed E-state index contributed by atoms with van der Waals surface area (Å²) in [6.07, 6.45) is 0. The molecule has 3 aromatic rings. The predicted octanol–water partition coefficient (Wildman–Crippen LogP) is 4.79. The van der Waals surface area contributed by atoms with Crippen LogP contribution in [0.5, 0.6) is 5.75 Å². The zero-order valence-electron chi connectivity index (χ0n) is 17.3. The van der Waals surface area contributed by atoms with E-state index in [9.17, 15) is 14.9 Å². The summed E-state index contributed by atoms with van der Waals surface area (Å²) in [4.78, 5) is 27.1. The number of non-ortho nitro benzene ring substituents is 1. The number of nitro benzene ring substituents is 1. The summed E-state index contributed by atoms with van der Waals surface area (Å²) in [5.74, 6) is 0.591. The van der Waals surface area contributed by atoms with Gasteiger partial charge in [0.1, 0.15) is 12.4 Å². The lowest BCUT2D eigenvalue weighted by molar-refractivity contribution is -0.384. The SMILES string of the molecule is O=C(c1ccc([N+](=O)[O-])cc1Cl)N1CCN(c2ccc(OCc3ccccc3)cc2)CC1. The highest BCUT2D eigenvalue weighted by atomic mass is 35.5. The Kier molecular flexibility index (Phi) is 6.56. The molecule has 0 bridgehead atoms. The van der Waals surface area contributed by atoms with Crippen LogP contribution in [0, 0.1) is 10.1 Å². The van der Waals surface area contributed by atoms with E-state index in [0.29, 0.717) is 32.8 Å². The van der Waals surface area contributed by atoms with Gasteiger partial charge in [0.25, 0.3) is 11.6 Å². The van der Waals surface area contributed by atoms with Gasteiger partial charge in [-0.3, -0.25) is 14.9 Å². The predicted molar refractivity (Wildman–Crippen MR) is 123 cm³/mol. The van der Waals surface area contributed by atoms with Crippen LogP contribution in [0.3, 0.4) is 0 Å². The molecule has 1 amide bonds. The number of nitro groups is 1. The highest BCUT2D eigenvalue weighted by Gasteiger charge is 2.24. The molecule has 1 aliphatic rings. The molecule has 32 heavy (non-hydrogen) atoms. The minimum absolute atomic E-state index is 0.0951. The number of piperazine rings is 1. The van der Waals surface area contributed by atoms with Crippen molar-refractivity contribution in [3.05, 3.63) is 99.1 Å². The van der Waals surface area contributed by atoms with Crippen LogP contribution in [0.1, 0.15) is 15.9 Å². The molecule has 0 spiro atoms. The van der Waals surface area contributed by atoms with Gasteiger partial charge in [-0.15, -0.1) is 0 Å². The number of ether oxygens (including phenoxy) is 1. The normalized spacial score (nSPS) is 13.7. The first-order valence-electron chi connectivity index (χ1n) is 10.3. The number of halogens is 1. The molecule has 4 rings (SSSR count). The van der Waals surface area contributed by atoms with Gasteiger partial charge in [0.05, 0.1) is 15.5 Å². The Labute approximate surface area is 190 Å². The molecule has 0 atom stereocenters. The number of hydrogen-bond acceptors (Lipinski definition) is 5. The van der Waals surface area contributed by atoms with Gasteiger partial charge in [-0.05, 0) is 35.9 Å². The summed E-state index contributed by atoms with van der Waals surface area (Å²) in [5, 5.41) is 11.0. The smallest absolute Gasteiger partial charge is 0.270 e. The van der Waals surface area contributed by atoms with Crippen molar-refractivity contribution in [3.63, 3.8) is 0 Å². The van der Waals surface area contributed by atoms with Crippen molar-refractivity contribution in [2.75, 3.05) is 31.1 Å². The van der Waals surface area contributed by atoms with Gasteiger partial charge in [-0.25, -0.2) is 0 Å². The van der Waals surface area contributed by atoms with Crippen molar-refractivity contribution >= 4 is 28.9 Å². The minimum atomic E-state index is -0.531. The Balaban J connectivity index is 1.32. The first-order chi connectivity index (χ1) is 15.5. The Morgan fingerprint density at radius 3 is 2.28 bits per heavy atom. The Morgan fingerprint density at radius 2 is 1.66 bits per heavy atom. The van der Waals surface area contributed by atoms with E-state index in [1.807, 2.05) is 54.6 Å². The third-order valence-corrected chi connectivity index (χ3v) is 5.72. The molecule has 3 aromatic carbocycles. The summed E-state index contributed by atoms with van der Waals surface area (Å²) in [6.45, 7) is 2.96. The van der Waals surface area contributed by atoms with Crippen LogP contribution in [0.25, 0.3) is 0 Å². The number of anilines is 1. The van der Waals surface area contributed by atoms with E-state index in [0.717, 1.165) is 17.0 Å². The molecule has 0 radical (unpaired) electrons. The molecule has 1 fully saturated rings. The Hall–Kier alpha value is -3.58. The van der Waals surface area contributed by atoms with Gasteiger partial charge >= 0.3 is 0 Å². The number of nitrogens with zero attached hydrogens (tertiary/aromatic N) is 3. The third kappa shape index (κ3) is 5.00. The maximum Gasteiger partial charge on any atom is 0.270 e. The van der Waals surface area contributed by atoms with Crippen molar-refractivity contribution in [1.82, 2.24) is 4.90 Å². The number of carbonyl (C=O) groups is 1. The molecule has 0 aromatic heterocycles. The van der Waals surface area contributed by atoms with Crippen LogP contribution in [0.2, 0.25) is 5.02 Å². The first kappa shape index (κ1) is 21.6.